The number of hydrogen-bond donors (Lipinski definition) is 1. The predicted molar refractivity (Wildman–Crippen MR) is 61.8 cm³/mol. The van der Waals surface area contributed by atoms with Gasteiger partial charge in [-0.1, -0.05) is 22.0 Å². The zero-order valence-corrected chi connectivity index (χ0v) is 9.73. The summed E-state index contributed by atoms with van der Waals surface area (Å²) in [7, 11) is 1.83. The number of imidazole rings is 1. The SMILES string of the molecule is Cn1cc(N)nc1Oc1cccc(Br)c1. The van der Waals surface area contributed by atoms with Crippen molar-refractivity contribution in [2.45, 2.75) is 0 Å². The zero-order chi connectivity index (χ0) is 10.8. The Bertz CT molecular complexity index is 481. The average Bonchev–Trinajstić information content (AvgIpc) is 2.45. The Balaban J connectivity index is 2.25. The Labute approximate surface area is 95.8 Å². The maximum atomic E-state index is 5.55. The minimum atomic E-state index is 0.447. The summed E-state index contributed by atoms with van der Waals surface area (Å²) >= 11 is 3.37. The van der Waals surface area contributed by atoms with Crippen molar-refractivity contribution < 1.29 is 4.74 Å². The first-order valence-corrected chi connectivity index (χ1v) is 5.17. The Morgan fingerprint density at radius 1 is 1.47 bits per heavy atom. The summed E-state index contributed by atoms with van der Waals surface area (Å²) in [4.78, 5) is 4.04. The van der Waals surface area contributed by atoms with E-state index in [1.165, 1.54) is 0 Å². The van der Waals surface area contributed by atoms with Crippen LogP contribution in [0.2, 0.25) is 0 Å². The van der Waals surface area contributed by atoms with Crippen molar-refractivity contribution in [1.29, 1.82) is 0 Å². The van der Waals surface area contributed by atoms with Gasteiger partial charge in [-0.05, 0) is 18.2 Å². The van der Waals surface area contributed by atoms with Crippen molar-refractivity contribution in [2.75, 3.05) is 5.73 Å². The number of nitrogen functional groups attached to an aromatic ring is 1. The molecule has 78 valence electrons. The molecule has 2 aromatic rings. The van der Waals surface area contributed by atoms with Crippen molar-refractivity contribution in [3.63, 3.8) is 0 Å². The van der Waals surface area contributed by atoms with E-state index in [4.69, 9.17) is 10.5 Å². The van der Waals surface area contributed by atoms with Gasteiger partial charge in [0.05, 0.1) is 6.20 Å². The molecule has 0 saturated heterocycles. The van der Waals surface area contributed by atoms with Crippen LogP contribution in [0, 0.1) is 0 Å². The molecule has 2 rings (SSSR count). The van der Waals surface area contributed by atoms with Crippen LogP contribution in [0.1, 0.15) is 0 Å². The fourth-order valence-electron chi connectivity index (χ4n) is 1.20. The monoisotopic (exact) mass is 267 g/mol. The van der Waals surface area contributed by atoms with Gasteiger partial charge in [0.1, 0.15) is 11.6 Å². The summed E-state index contributed by atoms with van der Waals surface area (Å²) in [5.74, 6) is 1.17. The molecule has 0 aliphatic heterocycles. The molecular weight excluding hydrogens is 258 g/mol. The van der Waals surface area contributed by atoms with Gasteiger partial charge in [0.15, 0.2) is 0 Å². The molecule has 0 atom stereocenters. The average molecular weight is 268 g/mol. The molecule has 0 saturated carbocycles. The third-order valence-corrected chi connectivity index (χ3v) is 2.35. The van der Waals surface area contributed by atoms with Crippen LogP contribution < -0.4 is 10.5 Å². The molecule has 0 radical (unpaired) electrons. The largest absolute Gasteiger partial charge is 0.425 e. The van der Waals surface area contributed by atoms with Crippen LogP contribution in [0.3, 0.4) is 0 Å². The molecular formula is C10H10BrN3O. The van der Waals surface area contributed by atoms with E-state index in [0.29, 0.717) is 11.8 Å². The van der Waals surface area contributed by atoms with Gasteiger partial charge in [0, 0.05) is 11.5 Å². The van der Waals surface area contributed by atoms with Crippen LogP contribution in [0.4, 0.5) is 5.82 Å². The van der Waals surface area contributed by atoms with Crippen LogP contribution in [0.25, 0.3) is 0 Å². The van der Waals surface area contributed by atoms with Crippen molar-refractivity contribution in [1.82, 2.24) is 9.55 Å². The third-order valence-electron chi connectivity index (χ3n) is 1.86. The number of hydrogen-bond acceptors (Lipinski definition) is 3. The third kappa shape index (κ3) is 2.30. The zero-order valence-electron chi connectivity index (χ0n) is 8.14. The number of nitrogens with two attached hydrogens (primary N) is 1. The highest BCUT2D eigenvalue weighted by molar-refractivity contribution is 9.10. The molecule has 0 amide bonds. The summed E-state index contributed by atoms with van der Waals surface area (Å²) in [5.41, 5.74) is 5.54. The first-order chi connectivity index (χ1) is 7.15. The number of aryl methyl sites for hydroxylation is 1. The summed E-state index contributed by atoms with van der Waals surface area (Å²) in [5, 5.41) is 0. The predicted octanol–water partition coefficient (Wildman–Crippen LogP) is 2.56. The fraction of sp³-hybridized carbons (Fsp3) is 0.100. The summed E-state index contributed by atoms with van der Waals surface area (Å²) in [6.45, 7) is 0. The molecule has 0 aliphatic carbocycles. The number of halogens is 1. The van der Waals surface area contributed by atoms with E-state index in [-0.39, 0.29) is 0 Å². The Kier molecular flexibility index (Phi) is 2.64. The number of aromatic nitrogens is 2. The van der Waals surface area contributed by atoms with Crippen LogP contribution in [0.15, 0.2) is 34.9 Å². The Hall–Kier alpha value is -1.49. The van der Waals surface area contributed by atoms with E-state index in [0.717, 1.165) is 10.2 Å². The molecule has 5 heteroatoms. The summed E-state index contributed by atoms with van der Waals surface area (Å²) < 4.78 is 8.25. The van der Waals surface area contributed by atoms with Gasteiger partial charge in [-0.3, -0.25) is 0 Å². The van der Waals surface area contributed by atoms with Gasteiger partial charge in [0.2, 0.25) is 0 Å². The van der Waals surface area contributed by atoms with E-state index in [1.54, 1.807) is 10.8 Å². The maximum absolute atomic E-state index is 5.55. The molecule has 0 fully saturated rings. The van der Waals surface area contributed by atoms with E-state index in [9.17, 15) is 0 Å². The van der Waals surface area contributed by atoms with Gasteiger partial charge in [-0.25, -0.2) is 0 Å². The first-order valence-electron chi connectivity index (χ1n) is 4.37. The van der Waals surface area contributed by atoms with E-state index >= 15 is 0 Å². The Morgan fingerprint density at radius 2 is 2.27 bits per heavy atom. The lowest BCUT2D eigenvalue weighted by Gasteiger charge is -2.04. The maximum Gasteiger partial charge on any atom is 0.303 e. The number of anilines is 1. The second-order valence-electron chi connectivity index (χ2n) is 3.12. The van der Waals surface area contributed by atoms with Crippen LogP contribution in [-0.4, -0.2) is 9.55 Å². The van der Waals surface area contributed by atoms with Crippen LogP contribution >= 0.6 is 15.9 Å². The minimum Gasteiger partial charge on any atom is -0.425 e. The normalized spacial score (nSPS) is 10.3. The molecule has 0 unspecified atom stereocenters. The molecule has 0 bridgehead atoms. The quantitative estimate of drug-likeness (QED) is 0.910. The topological polar surface area (TPSA) is 53.1 Å². The highest BCUT2D eigenvalue weighted by atomic mass is 79.9. The van der Waals surface area contributed by atoms with Gasteiger partial charge in [-0.15, -0.1) is 0 Å². The highest BCUT2D eigenvalue weighted by Gasteiger charge is 2.05. The molecule has 0 spiro atoms. The van der Waals surface area contributed by atoms with E-state index < -0.39 is 0 Å². The van der Waals surface area contributed by atoms with Crippen molar-refractivity contribution >= 4 is 21.7 Å². The van der Waals surface area contributed by atoms with Gasteiger partial charge in [0.25, 0.3) is 0 Å². The van der Waals surface area contributed by atoms with Crippen molar-refractivity contribution in [3.8, 4) is 11.8 Å². The molecule has 1 heterocycles. The lowest BCUT2D eigenvalue weighted by molar-refractivity contribution is 0.425. The molecule has 4 nitrogen and oxygen atoms in total. The number of rotatable bonds is 2. The van der Waals surface area contributed by atoms with Crippen molar-refractivity contribution in [3.05, 3.63) is 34.9 Å². The van der Waals surface area contributed by atoms with Crippen LogP contribution in [-0.2, 0) is 7.05 Å². The van der Waals surface area contributed by atoms with Gasteiger partial charge >= 0.3 is 6.01 Å². The molecule has 15 heavy (non-hydrogen) atoms. The standard InChI is InChI=1S/C10H10BrN3O/c1-14-6-9(12)13-10(14)15-8-4-2-3-7(11)5-8/h2-6H,12H2,1H3. The molecule has 1 aromatic carbocycles. The fourth-order valence-corrected chi connectivity index (χ4v) is 1.58. The smallest absolute Gasteiger partial charge is 0.303 e. The number of benzene rings is 1. The lowest BCUT2D eigenvalue weighted by atomic mass is 10.3. The molecule has 0 aliphatic rings. The molecule has 2 N–H and O–H groups in total. The second kappa shape index (κ2) is 3.94. The second-order valence-corrected chi connectivity index (χ2v) is 4.03. The number of nitrogens with zero attached hydrogens (tertiary/aromatic N) is 2. The van der Waals surface area contributed by atoms with Gasteiger partial charge < -0.3 is 15.0 Å². The summed E-state index contributed by atoms with van der Waals surface area (Å²) in [6, 6.07) is 8.02. The van der Waals surface area contributed by atoms with Crippen molar-refractivity contribution in [2.24, 2.45) is 7.05 Å². The Morgan fingerprint density at radius 3 is 2.87 bits per heavy atom. The molecule has 1 aromatic heterocycles. The van der Waals surface area contributed by atoms with Gasteiger partial charge in [-0.2, -0.15) is 4.98 Å². The lowest BCUT2D eigenvalue weighted by Crippen LogP contribution is -1.93. The minimum absolute atomic E-state index is 0.447. The summed E-state index contributed by atoms with van der Waals surface area (Å²) in [6.07, 6.45) is 1.70. The highest BCUT2D eigenvalue weighted by Crippen LogP contribution is 2.23. The number of ether oxygens (including phenoxy) is 1. The van der Waals surface area contributed by atoms with E-state index in [1.807, 2.05) is 31.3 Å². The van der Waals surface area contributed by atoms with E-state index in [2.05, 4.69) is 20.9 Å². The first kappa shape index (κ1) is 10.0. The van der Waals surface area contributed by atoms with Crippen LogP contribution in [0.5, 0.6) is 11.8 Å².